The summed E-state index contributed by atoms with van der Waals surface area (Å²) >= 11 is 0. The minimum atomic E-state index is 0.667. The highest BCUT2D eigenvalue weighted by Gasteiger charge is 2.11. The van der Waals surface area contributed by atoms with Gasteiger partial charge in [0.25, 0.3) is 0 Å². The molecule has 0 nitrogen and oxygen atoms in total. The van der Waals surface area contributed by atoms with Gasteiger partial charge >= 0.3 is 0 Å². The first-order valence-corrected chi connectivity index (χ1v) is 45.4. The largest absolute Gasteiger partial charge is 0.103 e. The van der Waals surface area contributed by atoms with Gasteiger partial charge in [-0.15, -0.1) is 6.58 Å². The molecule has 576 valence electrons. The molecule has 0 radical (unpaired) electrons. The average Bonchev–Trinajstić information content (AvgIpc) is 0.827. The third-order valence-electron chi connectivity index (χ3n) is 22.8. The monoisotopic (exact) mass is 1390 g/mol. The van der Waals surface area contributed by atoms with Gasteiger partial charge in [0.15, 0.2) is 0 Å². The molecule has 0 aromatic heterocycles. The van der Waals surface area contributed by atoms with Crippen LogP contribution in [0.3, 0.4) is 0 Å². The number of fused-ring (bicyclic) bond motifs is 3. The average molecular weight is 1390 g/mol. The summed E-state index contributed by atoms with van der Waals surface area (Å²) in [4.78, 5) is 0. The van der Waals surface area contributed by atoms with Crippen molar-refractivity contribution in [2.45, 2.75) is 451 Å². The maximum Gasteiger partial charge on any atom is -0.0181 e. The Morgan fingerprint density at radius 2 is 0.373 bits per heavy atom. The van der Waals surface area contributed by atoms with E-state index in [1.54, 1.807) is 0 Å². The van der Waals surface area contributed by atoms with Crippen LogP contribution in [0.15, 0.2) is 140 Å². The molecule has 6 aromatic rings. The highest BCUT2D eigenvalue weighted by Crippen LogP contribution is 2.31. The van der Waals surface area contributed by atoms with Crippen LogP contribution in [0.1, 0.15) is 468 Å². The Kier molecular flexibility index (Phi) is 61.9. The fourth-order valence-corrected chi connectivity index (χ4v) is 15.5. The SMILES string of the molecule is C=CCCCCCCCCCCCCCCCC.CCCCCCCCCCCCCCCCC(C)c1ccc2cc(C(C)CCCCCCCCCCCCCCCC)ccc2c1.CCCCCCCCCCCCCCCCC(C)c1ccc2ccccc2c1.c1ccc2ccccc2c1. The lowest BCUT2D eigenvalue weighted by atomic mass is 9.90. The van der Waals surface area contributed by atoms with Crippen LogP contribution < -0.4 is 0 Å². The van der Waals surface area contributed by atoms with Gasteiger partial charge in [0, 0.05) is 0 Å². The third-order valence-corrected chi connectivity index (χ3v) is 22.8. The second kappa shape index (κ2) is 68.6. The maximum absolute atomic E-state index is 3.76. The van der Waals surface area contributed by atoms with Crippen LogP contribution in [-0.2, 0) is 0 Å². The molecule has 0 bridgehead atoms. The van der Waals surface area contributed by atoms with Crippen molar-refractivity contribution in [1.82, 2.24) is 0 Å². The van der Waals surface area contributed by atoms with Crippen molar-refractivity contribution in [2.24, 2.45) is 0 Å². The lowest BCUT2D eigenvalue weighted by Crippen LogP contribution is -1.96. The van der Waals surface area contributed by atoms with E-state index in [2.05, 4.69) is 182 Å². The Bertz CT molecular complexity index is 2600. The molecule has 0 aliphatic carbocycles. The van der Waals surface area contributed by atoms with Crippen LogP contribution in [0.2, 0.25) is 0 Å². The third kappa shape index (κ3) is 50.4. The van der Waals surface area contributed by atoms with E-state index in [4.69, 9.17) is 0 Å². The van der Waals surface area contributed by atoms with Gasteiger partial charge in [0.1, 0.15) is 0 Å². The predicted molar refractivity (Wildman–Crippen MR) is 467 cm³/mol. The summed E-state index contributed by atoms with van der Waals surface area (Å²) in [6.07, 6.45) is 87.9. The first-order valence-electron chi connectivity index (χ1n) is 45.4. The molecule has 0 aliphatic heterocycles. The Morgan fingerprint density at radius 1 is 0.206 bits per heavy atom. The molecule has 0 spiro atoms. The standard InChI is InChI=1S/C46H80.C28H44.C18H36.C10H8/c1-5-7-9-11-13-15-17-19-21-23-25-27-29-31-33-41(3)43-35-37-46-40-44(36-38-45(46)39-43)42(4)34-32-30-28-26-24-22-20-18-16-14-12-10-8-6-2;1-3-4-5-6-7-8-9-10-11-12-13-14-15-16-19-25(2)27-23-22-26-20-17-18-21-28(26)24-27;1-3-5-7-9-11-13-15-17-18-16-14-12-10-8-6-4-2;1-2-6-10-8-4-3-7-9(10)5-1/h35-42H,5-34H2,1-4H3;17-18,20-25H,3-16,19H2,1-2H3;3H,1,4-18H2,2H3;1-8H. The van der Waals surface area contributed by atoms with Crippen molar-refractivity contribution in [1.29, 1.82) is 0 Å². The maximum atomic E-state index is 3.76. The van der Waals surface area contributed by atoms with Gasteiger partial charge in [-0.3, -0.25) is 0 Å². The van der Waals surface area contributed by atoms with Crippen molar-refractivity contribution >= 4 is 32.3 Å². The Balaban J connectivity index is 0.000000404. The lowest BCUT2D eigenvalue weighted by molar-refractivity contribution is 0.524. The Morgan fingerprint density at radius 3 is 0.588 bits per heavy atom. The van der Waals surface area contributed by atoms with Gasteiger partial charge in [-0.25, -0.2) is 0 Å². The molecule has 0 saturated carbocycles. The van der Waals surface area contributed by atoms with Crippen molar-refractivity contribution in [3.63, 3.8) is 0 Å². The Hall–Kier alpha value is -4.16. The second-order valence-electron chi connectivity index (χ2n) is 32.4. The Labute approximate surface area is 636 Å². The van der Waals surface area contributed by atoms with E-state index in [1.165, 1.54) is 434 Å². The number of benzene rings is 6. The predicted octanol–water partition coefficient (Wildman–Crippen LogP) is 36.5. The molecule has 0 heteroatoms. The summed E-state index contributed by atoms with van der Waals surface area (Å²) in [7, 11) is 0. The van der Waals surface area contributed by atoms with Gasteiger partial charge in [0.05, 0.1) is 0 Å². The number of hydrogen-bond acceptors (Lipinski definition) is 0. The molecule has 6 rings (SSSR count). The van der Waals surface area contributed by atoms with Gasteiger partial charge < -0.3 is 0 Å². The molecule has 0 aliphatic rings. The van der Waals surface area contributed by atoms with Crippen LogP contribution in [0.5, 0.6) is 0 Å². The van der Waals surface area contributed by atoms with Crippen molar-refractivity contribution < 1.29 is 0 Å². The van der Waals surface area contributed by atoms with Crippen LogP contribution in [0.25, 0.3) is 32.3 Å². The number of allylic oxidation sites excluding steroid dienone is 1. The zero-order valence-corrected chi connectivity index (χ0v) is 69.1. The van der Waals surface area contributed by atoms with E-state index >= 15 is 0 Å². The first kappa shape index (κ1) is 92.0. The molecule has 0 N–H and O–H groups in total. The summed E-state index contributed by atoms with van der Waals surface area (Å²) in [5.74, 6) is 2.02. The fourth-order valence-electron chi connectivity index (χ4n) is 15.5. The topological polar surface area (TPSA) is 0 Å². The van der Waals surface area contributed by atoms with Gasteiger partial charge in [0.2, 0.25) is 0 Å². The minimum absolute atomic E-state index is 0.667. The summed E-state index contributed by atoms with van der Waals surface area (Å²) in [5, 5.41) is 8.22. The molecule has 3 atom stereocenters. The number of unbranched alkanes of at least 4 members (excludes halogenated alkanes) is 53. The van der Waals surface area contributed by atoms with Gasteiger partial charge in [-0.2, -0.15) is 0 Å². The molecule has 3 unspecified atom stereocenters. The van der Waals surface area contributed by atoms with E-state index < -0.39 is 0 Å². The first-order chi connectivity index (χ1) is 50.3. The van der Waals surface area contributed by atoms with Crippen LogP contribution in [0.4, 0.5) is 0 Å². The summed E-state index contributed by atoms with van der Waals surface area (Å²) in [6.45, 7) is 20.2. The minimum Gasteiger partial charge on any atom is -0.103 e. The van der Waals surface area contributed by atoms with Crippen molar-refractivity contribution in [3.05, 3.63) is 157 Å². The van der Waals surface area contributed by atoms with Gasteiger partial charge in [-0.05, 0) is 98.9 Å². The normalized spacial score (nSPS) is 12.2. The van der Waals surface area contributed by atoms with Crippen LogP contribution >= 0.6 is 0 Å². The van der Waals surface area contributed by atoms with Crippen molar-refractivity contribution in [2.75, 3.05) is 0 Å². The quantitative estimate of drug-likeness (QED) is 0.0264. The fraction of sp³-hybridized carbons (Fsp3) is 0.686. The summed E-state index contributed by atoms with van der Waals surface area (Å²) in [5.41, 5.74) is 4.57. The summed E-state index contributed by atoms with van der Waals surface area (Å²) < 4.78 is 0. The van der Waals surface area contributed by atoms with Crippen LogP contribution in [0, 0.1) is 0 Å². The zero-order chi connectivity index (χ0) is 72.9. The molecular weight excluding hydrogens is 1230 g/mol. The van der Waals surface area contributed by atoms with Gasteiger partial charge in [-0.1, -0.05) is 535 Å². The van der Waals surface area contributed by atoms with E-state index in [0.717, 1.165) is 0 Å². The summed E-state index contributed by atoms with van der Waals surface area (Å²) in [6, 6.07) is 47.0. The van der Waals surface area contributed by atoms with Crippen molar-refractivity contribution in [3.8, 4) is 0 Å². The highest BCUT2D eigenvalue weighted by molar-refractivity contribution is 5.85. The zero-order valence-electron chi connectivity index (χ0n) is 69.1. The smallest absolute Gasteiger partial charge is 0.0181 e. The molecule has 102 heavy (non-hydrogen) atoms. The van der Waals surface area contributed by atoms with Crippen LogP contribution in [-0.4, -0.2) is 0 Å². The second-order valence-corrected chi connectivity index (χ2v) is 32.4. The molecule has 6 aromatic carbocycles. The number of hydrogen-bond donors (Lipinski definition) is 0. The number of rotatable bonds is 63. The molecule has 0 fully saturated rings. The van der Waals surface area contributed by atoms with E-state index in [-0.39, 0.29) is 0 Å². The molecular formula is C102H168. The van der Waals surface area contributed by atoms with E-state index in [0.29, 0.717) is 17.8 Å². The molecule has 0 heterocycles. The highest BCUT2D eigenvalue weighted by atomic mass is 14.2. The lowest BCUT2D eigenvalue weighted by Gasteiger charge is -2.15. The van der Waals surface area contributed by atoms with E-state index in [9.17, 15) is 0 Å². The van der Waals surface area contributed by atoms with E-state index in [1.807, 2.05) is 6.08 Å². The molecule has 0 amide bonds. The molecule has 0 saturated heterocycles.